The van der Waals surface area contributed by atoms with Crippen LogP contribution in [-0.4, -0.2) is 53.1 Å². The number of carbonyl (C=O) groups excluding carboxylic acids is 1. The first-order valence-corrected chi connectivity index (χ1v) is 10.4. The number of nitrogens with zero attached hydrogens (tertiary/aromatic N) is 1. The van der Waals surface area contributed by atoms with E-state index >= 15 is 0 Å². The van der Waals surface area contributed by atoms with Crippen molar-refractivity contribution in [3.63, 3.8) is 0 Å². The van der Waals surface area contributed by atoms with Crippen LogP contribution in [0.15, 0.2) is 34.1 Å². The van der Waals surface area contributed by atoms with E-state index in [1.165, 1.54) is 24.3 Å². The van der Waals surface area contributed by atoms with Gasteiger partial charge < -0.3 is 4.74 Å². The van der Waals surface area contributed by atoms with E-state index in [0.29, 0.717) is 6.42 Å². The van der Waals surface area contributed by atoms with Gasteiger partial charge in [0.15, 0.2) is 9.84 Å². The molecule has 1 rings (SSSR count). The maximum Gasteiger partial charge on any atom is 0.321 e. The van der Waals surface area contributed by atoms with Crippen molar-refractivity contribution in [1.29, 1.82) is 0 Å². The van der Waals surface area contributed by atoms with Gasteiger partial charge in [0.2, 0.25) is 10.0 Å². The summed E-state index contributed by atoms with van der Waals surface area (Å²) in [5.74, 6) is -0.628. The fraction of sp³-hybridized carbons (Fsp3) is 0.500. The minimum atomic E-state index is -3.90. The summed E-state index contributed by atoms with van der Waals surface area (Å²) in [7, 11) is -7.31. The Morgan fingerprint density at radius 1 is 1.04 bits per heavy atom. The number of esters is 1. The predicted molar refractivity (Wildman–Crippen MR) is 85.2 cm³/mol. The van der Waals surface area contributed by atoms with Gasteiger partial charge in [-0.2, -0.15) is 4.31 Å². The van der Waals surface area contributed by atoms with Crippen molar-refractivity contribution >= 4 is 25.8 Å². The molecule has 0 fully saturated rings. The maximum atomic E-state index is 12.6. The highest BCUT2D eigenvalue weighted by Gasteiger charge is 2.26. The number of hydrogen-bond acceptors (Lipinski definition) is 6. The highest BCUT2D eigenvalue weighted by molar-refractivity contribution is 7.90. The lowest BCUT2D eigenvalue weighted by molar-refractivity contribution is -0.143. The van der Waals surface area contributed by atoms with Crippen LogP contribution in [0, 0.1) is 0 Å². The zero-order valence-electron chi connectivity index (χ0n) is 13.4. The Labute approximate surface area is 137 Å². The molecular weight excluding hydrogens is 342 g/mol. The lowest BCUT2D eigenvalue weighted by Crippen LogP contribution is -2.37. The number of carbonyl (C=O) groups is 1. The summed E-state index contributed by atoms with van der Waals surface area (Å²) >= 11 is 0. The second-order valence-corrected chi connectivity index (χ2v) is 8.84. The molecule has 0 aliphatic heterocycles. The molecule has 0 aliphatic rings. The van der Waals surface area contributed by atoms with Crippen molar-refractivity contribution in [3.8, 4) is 0 Å². The molecule has 9 heteroatoms. The molecule has 1 aromatic rings. The highest BCUT2D eigenvalue weighted by atomic mass is 32.2. The molecule has 23 heavy (non-hydrogen) atoms. The molecule has 0 spiro atoms. The van der Waals surface area contributed by atoms with Gasteiger partial charge in [-0.25, -0.2) is 16.8 Å². The van der Waals surface area contributed by atoms with Gasteiger partial charge >= 0.3 is 5.97 Å². The molecule has 0 saturated heterocycles. The second kappa shape index (κ2) is 7.89. The summed E-state index contributed by atoms with van der Waals surface area (Å²) in [6.07, 6.45) is 1.57. The van der Waals surface area contributed by atoms with E-state index in [2.05, 4.69) is 0 Å². The topological polar surface area (TPSA) is 97.8 Å². The molecule has 0 radical (unpaired) electrons. The van der Waals surface area contributed by atoms with Crippen molar-refractivity contribution in [3.05, 3.63) is 24.3 Å². The predicted octanol–water partition coefficient (Wildman–Crippen LogP) is 1.05. The Hall–Kier alpha value is -1.45. The molecule has 0 unspecified atom stereocenters. The minimum Gasteiger partial charge on any atom is -0.465 e. The molecule has 0 N–H and O–H groups in total. The molecule has 0 heterocycles. The Kier molecular flexibility index (Phi) is 6.72. The third kappa shape index (κ3) is 5.29. The van der Waals surface area contributed by atoms with Crippen LogP contribution in [0.1, 0.15) is 20.3 Å². The first kappa shape index (κ1) is 19.6. The number of benzene rings is 1. The fourth-order valence-electron chi connectivity index (χ4n) is 1.89. The summed E-state index contributed by atoms with van der Waals surface area (Å²) in [4.78, 5) is 11.5. The standard InChI is InChI=1S/C14H21NO6S2/c1-4-10-15(11-14(16)21-5-2)23(19,20)13-8-6-12(7-9-13)22(3,17)18/h6-9H,4-5,10-11H2,1-3H3. The summed E-state index contributed by atoms with van der Waals surface area (Å²) in [5.41, 5.74) is 0. The van der Waals surface area contributed by atoms with Crippen LogP contribution in [0.25, 0.3) is 0 Å². The minimum absolute atomic E-state index is 0.0314. The van der Waals surface area contributed by atoms with Crippen molar-refractivity contribution < 1.29 is 26.4 Å². The molecule has 0 saturated carbocycles. The van der Waals surface area contributed by atoms with Gasteiger partial charge in [0.05, 0.1) is 16.4 Å². The Balaban J connectivity index is 3.12. The first-order valence-electron chi connectivity index (χ1n) is 7.08. The van der Waals surface area contributed by atoms with Crippen molar-refractivity contribution in [2.45, 2.75) is 30.1 Å². The summed E-state index contributed by atoms with van der Waals surface area (Å²) in [6, 6.07) is 4.91. The normalized spacial score (nSPS) is 12.3. The number of ether oxygens (including phenoxy) is 1. The molecule has 0 amide bonds. The van der Waals surface area contributed by atoms with Crippen molar-refractivity contribution in [2.75, 3.05) is 26.0 Å². The van der Waals surface area contributed by atoms with Crippen LogP contribution in [0.3, 0.4) is 0 Å². The van der Waals surface area contributed by atoms with Gasteiger partial charge in [-0.15, -0.1) is 0 Å². The smallest absolute Gasteiger partial charge is 0.321 e. The number of sulfone groups is 1. The number of sulfonamides is 1. The third-order valence-electron chi connectivity index (χ3n) is 2.97. The molecular formula is C14H21NO6S2. The summed E-state index contributed by atoms with van der Waals surface area (Å²) < 4.78 is 53.9. The van der Waals surface area contributed by atoms with E-state index in [9.17, 15) is 21.6 Å². The van der Waals surface area contributed by atoms with Crippen molar-refractivity contribution in [1.82, 2.24) is 4.31 Å². The average Bonchev–Trinajstić information content (AvgIpc) is 2.46. The molecule has 1 aromatic carbocycles. The van der Waals surface area contributed by atoms with Crippen molar-refractivity contribution in [2.24, 2.45) is 0 Å². The highest BCUT2D eigenvalue weighted by Crippen LogP contribution is 2.19. The molecule has 130 valence electrons. The lowest BCUT2D eigenvalue weighted by atomic mass is 10.4. The van der Waals surface area contributed by atoms with E-state index in [4.69, 9.17) is 4.74 Å². The molecule has 7 nitrogen and oxygen atoms in total. The van der Waals surface area contributed by atoms with Gasteiger partial charge in [-0.05, 0) is 37.6 Å². The Morgan fingerprint density at radius 3 is 2.00 bits per heavy atom. The van der Waals surface area contributed by atoms with Crippen LogP contribution in [-0.2, 0) is 29.4 Å². The third-order valence-corrected chi connectivity index (χ3v) is 5.96. The Bertz CT molecular complexity index is 738. The number of hydrogen-bond donors (Lipinski definition) is 0. The van der Waals surface area contributed by atoms with E-state index in [1.54, 1.807) is 13.8 Å². The van der Waals surface area contributed by atoms with E-state index < -0.39 is 25.8 Å². The van der Waals surface area contributed by atoms with E-state index in [-0.39, 0.29) is 29.5 Å². The van der Waals surface area contributed by atoms with Crippen LogP contribution in [0.2, 0.25) is 0 Å². The number of rotatable bonds is 8. The monoisotopic (exact) mass is 363 g/mol. The van der Waals surface area contributed by atoms with Crippen LogP contribution in [0.5, 0.6) is 0 Å². The quantitative estimate of drug-likeness (QED) is 0.641. The summed E-state index contributed by atoms with van der Waals surface area (Å²) in [5, 5.41) is 0. The van der Waals surface area contributed by atoms with E-state index in [0.717, 1.165) is 10.6 Å². The SMILES string of the molecule is CCCN(CC(=O)OCC)S(=O)(=O)c1ccc(S(C)(=O)=O)cc1. The van der Waals surface area contributed by atoms with Gasteiger partial charge in [0.1, 0.15) is 6.54 Å². The molecule has 0 aliphatic carbocycles. The average molecular weight is 363 g/mol. The van der Waals surface area contributed by atoms with Gasteiger partial charge in [-0.3, -0.25) is 4.79 Å². The zero-order chi connectivity index (χ0) is 17.7. The second-order valence-electron chi connectivity index (χ2n) is 4.89. The summed E-state index contributed by atoms with van der Waals surface area (Å²) in [6.45, 7) is 3.38. The molecule has 0 bridgehead atoms. The first-order chi connectivity index (χ1) is 10.6. The van der Waals surface area contributed by atoms with E-state index in [1.807, 2.05) is 0 Å². The fourth-order valence-corrected chi connectivity index (χ4v) is 4.00. The lowest BCUT2D eigenvalue weighted by Gasteiger charge is -2.20. The van der Waals surface area contributed by atoms with Gasteiger partial charge in [0.25, 0.3) is 0 Å². The van der Waals surface area contributed by atoms with Gasteiger partial charge in [-0.1, -0.05) is 6.92 Å². The largest absolute Gasteiger partial charge is 0.465 e. The maximum absolute atomic E-state index is 12.6. The molecule has 0 aromatic heterocycles. The Morgan fingerprint density at radius 2 is 1.57 bits per heavy atom. The van der Waals surface area contributed by atoms with Crippen LogP contribution in [0.4, 0.5) is 0 Å². The van der Waals surface area contributed by atoms with Crippen LogP contribution < -0.4 is 0 Å². The van der Waals surface area contributed by atoms with Crippen LogP contribution >= 0.6 is 0 Å². The molecule has 0 atom stereocenters. The van der Waals surface area contributed by atoms with Gasteiger partial charge in [0, 0.05) is 12.8 Å². The zero-order valence-corrected chi connectivity index (χ0v) is 15.0.